The van der Waals surface area contributed by atoms with E-state index in [0.717, 1.165) is 18.8 Å². The quantitative estimate of drug-likeness (QED) is 0.803. The highest BCUT2D eigenvalue weighted by Crippen LogP contribution is 2.22. The van der Waals surface area contributed by atoms with Gasteiger partial charge in [0.2, 0.25) is 11.8 Å². The molecule has 0 bridgehead atoms. The molecule has 1 aliphatic heterocycles. The Morgan fingerprint density at radius 1 is 0.885 bits per heavy atom. The number of para-hydroxylation sites is 1. The molecule has 2 N–H and O–H groups in total. The van der Waals surface area contributed by atoms with Gasteiger partial charge in [-0.1, -0.05) is 12.1 Å². The molecule has 1 heterocycles. The zero-order valence-corrected chi connectivity index (χ0v) is 14.5. The maximum absolute atomic E-state index is 13.5. The molecule has 1 saturated heterocycles. The Bertz CT molecular complexity index is 771. The molecule has 0 aromatic heterocycles. The van der Waals surface area contributed by atoms with Gasteiger partial charge in [0.25, 0.3) is 0 Å². The second-order valence-corrected chi connectivity index (χ2v) is 6.35. The lowest BCUT2D eigenvalue weighted by Gasteiger charge is -2.28. The third kappa shape index (κ3) is 4.81. The third-order valence-electron chi connectivity index (χ3n) is 4.34. The second-order valence-electron chi connectivity index (χ2n) is 6.35. The number of hydrogen-bond acceptors (Lipinski definition) is 3. The zero-order chi connectivity index (χ0) is 18.4. The van der Waals surface area contributed by atoms with Crippen LogP contribution in [0, 0.1) is 5.82 Å². The van der Waals surface area contributed by atoms with Gasteiger partial charge in [0.1, 0.15) is 12.2 Å². The van der Waals surface area contributed by atoms with E-state index in [2.05, 4.69) is 15.5 Å². The highest BCUT2D eigenvalue weighted by atomic mass is 19.1. The van der Waals surface area contributed by atoms with Gasteiger partial charge in [-0.15, -0.1) is 0 Å². The Morgan fingerprint density at radius 3 is 2.23 bits per heavy atom. The molecule has 1 fully saturated rings. The molecule has 6 heteroatoms. The van der Waals surface area contributed by atoms with Gasteiger partial charge in [-0.25, -0.2) is 4.39 Å². The van der Waals surface area contributed by atoms with Crippen LogP contribution < -0.4 is 15.5 Å². The molecule has 1 aliphatic rings. The van der Waals surface area contributed by atoms with Gasteiger partial charge in [0, 0.05) is 24.5 Å². The minimum atomic E-state index is -0.558. The number of carbonyl (C=O) groups is 2. The van der Waals surface area contributed by atoms with Crippen molar-refractivity contribution in [2.45, 2.75) is 25.7 Å². The lowest BCUT2D eigenvalue weighted by atomic mass is 10.1. The Kier molecular flexibility index (Phi) is 5.84. The fourth-order valence-corrected chi connectivity index (χ4v) is 3.02. The van der Waals surface area contributed by atoms with Gasteiger partial charge in [0.15, 0.2) is 0 Å². The Labute approximate surface area is 152 Å². The van der Waals surface area contributed by atoms with Crippen molar-refractivity contribution >= 4 is 28.9 Å². The Morgan fingerprint density at radius 2 is 1.54 bits per heavy atom. The van der Waals surface area contributed by atoms with Crippen LogP contribution in [0.5, 0.6) is 0 Å². The summed E-state index contributed by atoms with van der Waals surface area (Å²) in [4.78, 5) is 26.2. The fourth-order valence-electron chi connectivity index (χ4n) is 3.02. The smallest absolute Gasteiger partial charge is 0.233 e. The number of halogens is 1. The van der Waals surface area contributed by atoms with Crippen LogP contribution in [-0.4, -0.2) is 24.9 Å². The maximum atomic E-state index is 13.5. The normalized spacial score (nSPS) is 14.0. The van der Waals surface area contributed by atoms with Crippen LogP contribution in [0.4, 0.5) is 21.5 Å². The Balaban J connectivity index is 1.51. The molecule has 136 valence electrons. The minimum Gasteiger partial charge on any atom is -0.372 e. The monoisotopic (exact) mass is 355 g/mol. The van der Waals surface area contributed by atoms with E-state index < -0.39 is 17.6 Å². The third-order valence-corrected chi connectivity index (χ3v) is 4.34. The molecule has 2 amide bonds. The standard InChI is InChI=1S/C20H22FN3O2/c21-17-6-2-3-7-18(17)23-20(26)14-19(25)22-15-8-10-16(11-9-15)24-12-4-1-5-13-24/h2-3,6-11H,1,4-5,12-14H2,(H,22,25)(H,23,26). The van der Waals surface area contributed by atoms with Crippen molar-refractivity contribution < 1.29 is 14.0 Å². The molecule has 0 unspecified atom stereocenters. The maximum Gasteiger partial charge on any atom is 0.233 e. The van der Waals surface area contributed by atoms with Crippen molar-refractivity contribution in [3.63, 3.8) is 0 Å². The van der Waals surface area contributed by atoms with E-state index in [1.807, 2.05) is 24.3 Å². The van der Waals surface area contributed by atoms with E-state index in [9.17, 15) is 14.0 Å². The molecule has 0 radical (unpaired) electrons. The highest BCUT2D eigenvalue weighted by molar-refractivity contribution is 6.08. The van der Waals surface area contributed by atoms with E-state index >= 15 is 0 Å². The summed E-state index contributed by atoms with van der Waals surface area (Å²) in [6, 6.07) is 13.5. The average molecular weight is 355 g/mol. The number of hydrogen-bond donors (Lipinski definition) is 2. The van der Waals surface area contributed by atoms with Crippen molar-refractivity contribution in [1.29, 1.82) is 0 Å². The minimum absolute atomic E-state index is 0.0659. The van der Waals surface area contributed by atoms with Crippen LogP contribution in [0.15, 0.2) is 48.5 Å². The van der Waals surface area contributed by atoms with Gasteiger partial charge in [-0.05, 0) is 55.7 Å². The molecule has 2 aromatic carbocycles. The van der Waals surface area contributed by atoms with Crippen LogP contribution >= 0.6 is 0 Å². The molecular weight excluding hydrogens is 333 g/mol. The summed E-state index contributed by atoms with van der Waals surface area (Å²) in [7, 11) is 0. The second kappa shape index (κ2) is 8.47. The van der Waals surface area contributed by atoms with Crippen molar-refractivity contribution in [2.75, 3.05) is 28.6 Å². The molecule has 0 aliphatic carbocycles. The molecule has 0 saturated carbocycles. The van der Waals surface area contributed by atoms with Gasteiger partial charge >= 0.3 is 0 Å². The van der Waals surface area contributed by atoms with Crippen LogP contribution in [0.25, 0.3) is 0 Å². The number of nitrogens with zero attached hydrogens (tertiary/aromatic N) is 1. The number of anilines is 3. The van der Waals surface area contributed by atoms with Gasteiger partial charge in [-0.2, -0.15) is 0 Å². The van der Waals surface area contributed by atoms with Crippen molar-refractivity contribution in [3.8, 4) is 0 Å². The number of piperidine rings is 1. The van der Waals surface area contributed by atoms with Crippen LogP contribution in [0.1, 0.15) is 25.7 Å². The lowest BCUT2D eigenvalue weighted by Crippen LogP contribution is -2.29. The van der Waals surface area contributed by atoms with Gasteiger partial charge < -0.3 is 15.5 Å². The summed E-state index contributed by atoms with van der Waals surface area (Å²) in [6.45, 7) is 2.11. The lowest BCUT2D eigenvalue weighted by molar-refractivity contribution is -0.123. The van der Waals surface area contributed by atoms with Crippen molar-refractivity contribution in [2.24, 2.45) is 0 Å². The predicted octanol–water partition coefficient (Wildman–Crippen LogP) is 3.78. The zero-order valence-electron chi connectivity index (χ0n) is 14.5. The molecule has 0 spiro atoms. The van der Waals surface area contributed by atoms with E-state index in [1.54, 1.807) is 6.07 Å². The molecule has 0 atom stereocenters. The average Bonchev–Trinajstić information content (AvgIpc) is 2.65. The van der Waals surface area contributed by atoms with Gasteiger partial charge in [0.05, 0.1) is 5.69 Å². The van der Waals surface area contributed by atoms with E-state index in [1.165, 1.54) is 37.5 Å². The first-order valence-electron chi connectivity index (χ1n) is 8.81. The first-order valence-corrected chi connectivity index (χ1v) is 8.81. The number of nitrogens with one attached hydrogen (secondary N) is 2. The molecule has 26 heavy (non-hydrogen) atoms. The SMILES string of the molecule is O=C(CC(=O)Nc1ccccc1F)Nc1ccc(N2CCCCC2)cc1. The Hall–Kier alpha value is -2.89. The first-order chi connectivity index (χ1) is 12.6. The fraction of sp³-hybridized carbons (Fsp3) is 0.300. The molecule has 2 aromatic rings. The predicted molar refractivity (Wildman–Crippen MR) is 101 cm³/mol. The van der Waals surface area contributed by atoms with Crippen molar-refractivity contribution in [1.82, 2.24) is 0 Å². The van der Waals surface area contributed by atoms with Crippen molar-refractivity contribution in [3.05, 3.63) is 54.3 Å². The summed E-state index contributed by atoms with van der Waals surface area (Å²) < 4.78 is 13.5. The number of benzene rings is 2. The summed E-state index contributed by atoms with van der Waals surface area (Å²) in [6.07, 6.45) is 3.31. The summed E-state index contributed by atoms with van der Waals surface area (Å²) in [5, 5.41) is 5.09. The molecule has 5 nitrogen and oxygen atoms in total. The highest BCUT2D eigenvalue weighted by Gasteiger charge is 2.13. The summed E-state index contributed by atoms with van der Waals surface area (Å²) in [5.41, 5.74) is 1.84. The number of carbonyl (C=O) groups excluding carboxylic acids is 2. The van der Waals surface area contributed by atoms with Gasteiger partial charge in [-0.3, -0.25) is 9.59 Å². The number of amides is 2. The summed E-state index contributed by atoms with van der Waals surface area (Å²) in [5.74, 6) is -1.53. The largest absolute Gasteiger partial charge is 0.372 e. The first kappa shape index (κ1) is 17.9. The van der Waals surface area contributed by atoms with E-state index in [4.69, 9.17) is 0 Å². The number of rotatable bonds is 5. The summed E-state index contributed by atoms with van der Waals surface area (Å²) >= 11 is 0. The van der Waals surface area contributed by atoms with E-state index in [0.29, 0.717) is 5.69 Å². The topological polar surface area (TPSA) is 61.4 Å². The van der Waals surface area contributed by atoms with Crippen LogP contribution in [-0.2, 0) is 9.59 Å². The van der Waals surface area contributed by atoms with Crippen LogP contribution in [0.3, 0.4) is 0 Å². The van der Waals surface area contributed by atoms with Crippen LogP contribution in [0.2, 0.25) is 0 Å². The van der Waals surface area contributed by atoms with E-state index in [-0.39, 0.29) is 12.1 Å². The molecule has 3 rings (SSSR count). The molecular formula is C20H22FN3O2.